The fourth-order valence-corrected chi connectivity index (χ4v) is 0.658. The van der Waals surface area contributed by atoms with E-state index in [2.05, 4.69) is 0 Å². The van der Waals surface area contributed by atoms with Gasteiger partial charge in [0.05, 0.1) is 0 Å². The predicted octanol–water partition coefficient (Wildman–Crippen LogP) is 0.429. The maximum Gasteiger partial charge on any atom is 0.138 e. The molecule has 0 aromatic carbocycles. The molecule has 1 aliphatic rings. The van der Waals surface area contributed by atoms with Crippen LogP contribution >= 0.6 is 0 Å². The van der Waals surface area contributed by atoms with Gasteiger partial charge in [0.1, 0.15) is 23.9 Å². The molecule has 0 fully saturated rings. The van der Waals surface area contributed by atoms with Gasteiger partial charge in [-0.2, -0.15) is 0 Å². The quantitative estimate of drug-likeness (QED) is 0.523. The van der Waals surface area contributed by atoms with Crippen LogP contribution in [0.25, 0.3) is 0 Å². The number of rotatable bonds is 0. The normalized spacial score (nSPS) is 33.2. The van der Waals surface area contributed by atoms with Crippen LogP contribution in [0.3, 0.4) is 0 Å². The number of halogens is 2. The van der Waals surface area contributed by atoms with E-state index in [1.807, 2.05) is 0 Å². The first kappa shape index (κ1) is 7.37. The zero-order valence-electron chi connectivity index (χ0n) is 4.96. The van der Waals surface area contributed by atoms with Crippen molar-refractivity contribution in [1.29, 1.82) is 0 Å². The summed E-state index contributed by atoms with van der Waals surface area (Å²) in [4.78, 5) is 0. The van der Waals surface area contributed by atoms with Gasteiger partial charge >= 0.3 is 0 Å². The second-order valence-corrected chi connectivity index (χ2v) is 1.99. The lowest BCUT2D eigenvalue weighted by Gasteiger charge is -2.16. The summed E-state index contributed by atoms with van der Waals surface area (Å²) in [6, 6.07) is 0. The molecule has 0 aromatic heterocycles. The van der Waals surface area contributed by atoms with Gasteiger partial charge in [-0.25, -0.2) is 8.78 Å². The molecule has 0 spiro atoms. The fourth-order valence-electron chi connectivity index (χ4n) is 0.658. The van der Waals surface area contributed by atoms with E-state index in [4.69, 9.17) is 10.2 Å². The number of hydrogen-bond acceptors (Lipinski definition) is 2. The first-order valence-electron chi connectivity index (χ1n) is 2.72. The van der Waals surface area contributed by atoms with Gasteiger partial charge in [0.2, 0.25) is 0 Å². The fraction of sp³-hybridized carbons (Fsp3) is 0.333. The molecule has 0 heterocycles. The molecule has 1 aliphatic carbocycles. The maximum absolute atomic E-state index is 12.2. The smallest absolute Gasteiger partial charge is 0.138 e. The van der Waals surface area contributed by atoms with Crippen molar-refractivity contribution in [3.8, 4) is 0 Å². The second-order valence-electron chi connectivity index (χ2n) is 1.99. The number of allylic oxidation sites excluding steroid dienone is 2. The third-order valence-corrected chi connectivity index (χ3v) is 1.27. The van der Waals surface area contributed by atoms with Gasteiger partial charge in [0.25, 0.3) is 0 Å². The standard InChI is InChI=1S/C6H6F2O2/c7-3-1-2-4(8)6(10)5(3)9/h1-2,5-6,9-10H. The molecule has 2 atom stereocenters. The lowest BCUT2D eigenvalue weighted by Crippen LogP contribution is -2.28. The van der Waals surface area contributed by atoms with Crippen LogP contribution in [0.2, 0.25) is 0 Å². The van der Waals surface area contributed by atoms with Gasteiger partial charge in [0.15, 0.2) is 0 Å². The van der Waals surface area contributed by atoms with Crippen molar-refractivity contribution >= 4 is 0 Å². The highest BCUT2D eigenvalue weighted by Crippen LogP contribution is 2.20. The molecule has 0 saturated carbocycles. The average Bonchev–Trinajstić information content (AvgIpc) is 1.93. The molecule has 0 bridgehead atoms. The summed E-state index contributed by atoms with van der Waals surface area (Å²) < 4.78 is 24.5. The summed E-state index contributed by atoms with van der Waals surface area (Å²) in [5.74, 6) is -1.84. The molecule has 10 heavy (non-hydrogen) atoms. The van der Waals surface area contributed by atoms with Crippen LogP contribution in [0.5, 0.6) is 0 Å². The summed E-state index contributed by atoms with van der Waals surface area (Å²) >= 11 is 0. The lowest BCUT2D eigenvalue weighted by atomic mass is 10.1. The summed E-state index contributed by atoms with van der Waals surface area (Å²) in [7, 11) is 0. The molecule has 2 N–H and O–H groups in total. The molecule has 0 radical (unpaired) electrons. The van der Waals surface area contributed by atoms with Crippen LogP contribution in [0.1, 0.15) is 0 Å². The Labute approximate surface area is 56.1 Å². The Morgan fingerprint density at radius 3 is 1.60 bits per heavy atom. The minimum atomic E-state index is -1.75. The number of hydrogen-bond donors (Lipinski definition) is 2. The predicted molar refractivity (Wildman–Crippen MR) is 30.4 cm³/mol. The molecule has 4 heteroatoms. The first-order chi connectivity index (χ1) is 4.63. The highest BCUT2D eigenvalue weighted by molar-refractivity contribution is 5.24. The van der Waals surface area contributed by atoms with E-state index in [1.165, 1.54) is 0 Å². The largest absolute Gasteiger partial charge is 0.383 e. The van der Waals surface area contributed by atoms with Gasteiger partial charge in [-0.3, -0.25) is 0 Å². The van der Waals surface area contributed by atoms with Crippen molar-refractivity contribution in [2.75, 3.05) is 0 Å². The molecule has 0 saturated heterocycles. The van der Waals surface area contributed by atoms with Gasteiger partial charge in [-0.1, -0.05) is 0 Å². The maximum atomic E-state index is 12.2. The van der Waals surface area contributed by atoms with Gasteiger partial charge in [0, 0.05) is 0 Å². The zero-order chi connectivity index (χ0) is 7.72. The Morgan fingerprint density at radius 1 is 1.00 bits per heavy atom. The van der Waals surface area contributed by atoms with Crippen LogP contribution < -0.4 is 0 Å². The van der Waals surface area contributed by atoms with Crippen LogP contribution in [-0.4, -0.2) is 22.4 Å². The Morgan fingerprint density at radius 2 is 1.30 bits per heavy atom. The van der Waals surface area contributed by atoms with Crippen molar-refractivity contribution in [3.63, 3.8) is 0 Å². The van der Waals surface area contributed by atoms with E-state index in [-0.39, 0.29) is 0 Å². The van der Waals surface area contributed by atoms with Crippen molar-refractivity contribution in [2.45, 2.75) is 12.2 Å². The minimum absolute atomic E-state index is 0.784. The van der Waals surface area contributed by atoms with E-state index >= 15 is 0 Å². The molecule has 0 aliphatic heterocycles. The number of aliphatic hydroxyl groups is 2. The van der Waals surface area contributed by atoms with Crippen molar-refractivity contribution < 1.29 is 19.0 Å². The Hall–Kier alpha value is -0.740. The lowest BCUT2D eigenvalue weighted by molar-refractivity contribution is 0.0362. The van der Waals surface area contributed by atoms with Crippen molar-refractivity contribution in [3.05, 3.63) is 23.8 Å². The third-order valence-electron chi connectivity index (χ3n) is 1.27. The number of aliphatic hydroxyl groups excluding tert-OH is 2. The summed E-state index contributed by atoms with van der Waals surface area (Å²) in [6.07, 6.45) is -1.92. The van der Waals surface area contributed by atoms with Crippen LogP contribution in [0, 0.1) is 0 Å². The highest BCUT2D eigenvalue weighted by atomic mass is 19.1. The average molecular weight is 148 g/mol. The van der Waals surface area contributed by atoms with Crippen molar-refractivity contribution in [2.24, 2.45) is 0 Å². The Balaban J connectivity index is 2.86. The summed E-state index contributed by atoms with van der Waals surface area (Å²) in [6.45, 7) is 0. The van der Waals surface area contributed by atoms with Crippen LogP contribution in [0.15, 0.2) is 23.8 Å². The minimum Gasteiger partial charge on any atom is -0.383 e. The molecule has 0 amide bonds. The monoisotopic (exact) mass is 148 g/mol. The summed E-state index contributed by atoms with van der Waals surface area (Å²) in [5.41, 5.74) is 0. The second kappa shape index (κ2) is 2.48. The van der Waals surface area contributed by atoms with E-state index in [0.29, 0.717) is 0 Å². The first-order valence-corrected chi connectivity index (χ1v) is 2.72. The van der Waals surface area contributed by atoms with Crippen molar-refractivity contribution in [1.82, 2.24) is 0 Å². The topological polar surface area (TPSA) is 40.5 Å². The molecule has 2 unspecified atom stereocenters. The molecular formula is C6H6F2O2. The van der Waals surface area contributed by atoms with Crippen LogP contribution in [0.4, 0.5) is 8.78 Å². The Kier molecular flexibility index (Phi) is 1.82. The van der Waals surface area contributed by atoms with Crippen LogP contribution in [-0.2, 0) is 0 Å². The van der Waals surface area contributed by atoms with Gasteiger partial charge < -0.3 is 10.2 Å². The van der Waals surface area contributed by atoms with E-state index < -0.39 is 23.9 Å². The molecule has 1 rings (SSSR count). The molecule has 56 valence electrons. The van der Waals surface area contributed by atoms with Gasteiger partial charge in [-0.15, -0.1) is 0 Å². The highest BCUT2D eigenvalue weighted by Gasteiger charge is 2.27. The van der Waals surface area contributed by atoms with E-state index in [0.717, 1.165) is 12.2 Å². The zero-order valence-corrected chi connectivity index (χ0v) is 4.96. The Bertz CT molecular complexity index is 176. The van der Waals surface area contributed by atoms with E-state index in [1.54, 1.807) is 0 Å². The summed E-state index contributed by atoms with van der Waals surface area (Å²) in [5, 5.41) is 17.3. The third kappa shape index (κ3) is 1.08. The van der Waals surface area contributed by atoms with E-state index in [9.17, 15) is 8.78 Å². The van der Waals surface area contributed by atoms with Gasteiger partial charge in [-0.05, 0) is 12.2 Å². The SMILES string of the molecule is OC1C(F)=CC=C(F)C1O. The molecular weight excluding hydrogens is 142 g/mol. The molecule has 0 aromatic rings. The molecule has 2 nitrogen and oxygen atoms in total.